The van der Waals surface area contributed by atoms with Crippen LogP contribution >= 0.6 is 0 Å². The van der Waals surface area contributed by atoms with Crippen molar-refractivity contribution in [3.63, 3.8) is 0 Å². The lowest BCUT2D eigenvalue weighted by atomic mass is 10.1. The zero-order valence-electron chi connectivity index (χ0n) is 8.34. The fourth-order valence-electron chi connectivity index (χ4n) is 1.41. The van der Waals surface area contributed by atoms with E-state index in [0.29, 0.717) is 11.5 Å². The molecule has 74 valence electrons. The van der Waals surface area contributed by atoms with Gasteiger partial charge in [-0.1, -0.05) is 18.2 Å². The molecule has 1 aliphatic carbocycles. The van der Waals surface area contributed by atoms with Crippen molar-refractivity contribution in [3.05, 3.63) is 53.8 Å². The third-order valence-electron chi connectivity index (χ3n) is 2.18. The van der Waals surface area contributed by atoms with Crippen molar-refractivity contribution < 1.29 is 4.42 Å². The Morgan fingerprint density at radius 1 is 1.47 bits per heavy atom. The smallest absolute Gasteiger partial charge is 0.191 e. The summed E-state index contributed by atoms with van der Waals surface area (Å²) < 4.78 is 5.15. The third-order valence-corrected chi connectivity index (χ3v) is 2.18. The molecule has 0 aromatic carbocycles. The maximum absolute atomic E-state index is 8.74. The fourth-order valence-corrected chi connectivity index (χ4v) is 1.41. The summed E-state index contributed by atoms with van der Waals surface area (Å²) in [7, 11) is 0. The van der Waals surface area contributed by atoms with E-state index in [-0.39, 0.29) is 5.92 Å². The maximum Gasteiger partial charge on any atom is 0.191 e. The molecule has 0 saturated carbocycles. The number of nitrogens with zero attached hydrogens (tertiary/aromatic N) is 2. The van der Waals surface area contributed by atoms with Gasteiger partial charge in [0.2, 0.25) is 0 Å². The van der Waals surface area contributed by atoms with E-state index < -0.39 is 0 Å². The van der Waals surface area contributed by atoms with Gasteiger partial charge in [0, 0.05) is 12.8 Å². The number of allylic oxidation sites excluding steroid dienone is 6. The van der Waals surface area contributed by atoms with E-state index in [0.717, 1.165) is 5.69 Å². The van der Waals surface area contributed by atoms with Crippen LogP contribution in [0.1, 0.15) is 17.5 Å². The lowest BCUT2D eigenvalue weighted by molar-refractivity contribution is 0.520. The molecule has 1 aromatic rings. The van der Waals surface area contributed by atoms with Gasteiger partial charge in [-0.25, -0.2) is 4.98 Å². The van der Waals surface area contributed by atoms with Crippen LogP contribution in [0.4, 0.5) is 0 Å². The number of nitriles is 1. The molecule has 0 spiro atoms. The Bertz CT molecular complexity index is 486. The van der Waals surface area contributed by atoms with Crippen LogP contribution in [-0.4, -0.2) is 4.98 Å². The Hall–Kier alpha value is -2.08. The minimum atomic E-state index is 0.0875. The molecule has 3 nitrogen and oxygen atoms in total. The van der Waals surface area contributed by atoms with Crippen LogP contribution in [0.3, 0.4) is 0 Å². The SMILES string of the molecule is Cc1nc(C2C=CC=C(C#N)C=C2)co1. The summed E-state index contributed by atoms with van der Waals surface area (Å²) in [4.78, 5) is 4.25. The van der Waals surface area contributed by atoms with E-state index in [1.54, 1.807) is 18.4 Å². The summed E-state index contributed by atoms with van der Waals surface area (Å²) in [5.74, 6) is 0.745. The van der Waals surface area contributed by atoms with Gasteiger partial charge >= 0.3 is 0 Å². The van der Waals surface area contributed by atoms with Gasteiger partial charge in [0.1, 0.15) is 6.26 Å². The van der Waals surface area contributed by atoms with Crippen LogP contribution < -0.4 is 0 Å². The van der Waals surface area contributed by atoms with Crippen molar-refractivity contribution in [2.24, 2.45) is 0 Å². The first-order chi connectivity index (χ1) is 7.29. The average Bonchev–Trinajstić information content (AvgIpc) is 2.54. The van der Waals surface area contributed by atoms with Crippen LogP contribution in [0.5, 0.6) is 0 Å². The van der Waals surface area contributed by atoms with Crippen LogP contribution in [0.25, 0.3) is 0 Å². The van der Waals surface area contributed by atoms with Crippen molar-refractivity contribution in [3.8, 4) is 6.07 Å². The largest absolute Gasteiger partial charge is 0.449 e. The van der Waals surface area contributed by atoms with Crippen molar-refractivity contribution in [1.82, 2.24) is 4.98 Å². The predicted molar refractivity (Wildman–Crippen MR) is 56.0 cm³/mol. The monoisotopic (exact) mass is 198 g/mol. The molecule has 0 aliphatic heterocycles. The standard InChI is InChI=1S/C12H10N2O/c1-9-14-12(8-15-9)11-4-2-3-10(7-13)5-6-11/h2-6,8,11H,1H3. The molecule has 0 N–H and O–H groups in total. The lowest BCUT2D eigenvalue weighted by Crippen LogP contribution is -1.90. The number of hydrogen-bond acceptors (Lipinski definition) is 3. The molecule has 1 aromatic heterocycles. The molecular formula is C12H10N2O. The Morgan fingerprint density at radius 3 is 3.00 bits per heavy atom. The van der Waals surface area contributed by atoms with E-state index in [9.17, 15) is 0 Å². The van der Waals surface area contributed by atoms with Crippen molar-refractivity contribution in [1.29, 1.82) is 5.26 Å². The summed E-state index contributed by atoms with van der Waals surface area (Å²) in [6, 6.07) is 2.10. The zero-order valence-corrected chi connectivity index (χ0v) is 8.34. The van der Waals surface area contributed by atoms with Gasteiger partial charge < -0.3 is 4.42 Å². The predicted octanol–water partition coefficient (Wildman–Crippen LogP) is 2.64. The zero-order chi connectivity index (χ0) is 10.7. The average molecular weight is 198 g/mol. The van der Waals surface area contributed by atoms with Crippen LogP contribution in [0.15, 0.2) is 46.6 Å². The lowest BCUT2D eigenvalue weighted by Gasteiger charge is -1.99. The number of hydrogen-bond donors (Lipinski definition) is 0. The normalized spacial score (nSPS) is 19.5. The van der Waals surface area contributed by atoms with Gasteiger partial charge in [-0.15, -0.1) is 0 Å². The molecule has 1 heterocycles. The summed E-state index contributed by atoms with van der Waals surface area (Å²) in [5, 5.41) is 8.74. The second kappa shape index (κ2) is 3.97. The van der Waals surface area contributed by atoms with Gasteiger partial charge in [-0.3, -0.25) is 0 Å². The van der Waals surface area contributed by atoms with Crippen molar-refractivity contribution in [2.75, 3.05) is 0 Å². The molecule has 0 radical (unpaired) electrons. The van der Waals surface area contributed by atoms with Crippen LogP contribution in [0, 0.1) is 18.3 Å². The molecule has 3 heteroatoms. The minimum Gasteiger partial charge on any atom is -0.449 e. The molecule has 1 atom stereocenters. The van der Waals surface area contributed by atoms with Gasteiger partial charge in [-0.05, 0) is 12.2 Å². The molecule has 1 aliphatic rings. The molecule has 1 unspecified atom stereocenters. The number of oxazole rings is 1. The topological polar surface area (TPSA) is 49.8 Å². The number of aryl methyl sites for hydroxylation is 1. The van der Waals surface area contributed by atoms with Crippen LogP contribution in [0.2, 0.25) is 0 Å². The Kier molecular flexibility index (Phi) is 2.51. The Morgan fingerprint density at radius 2 is 2.33 bits per heavy atom. The highest BCUT2D eigenvalue weighted by Crippen LogP contribution is 2.21. The van der Waals surface area contributed by atoms with Gasteiger partial charge in [0.05, 0.1) is 17.3 Å². The maximum atomic E-state index is 8.74. The van der Waals surface area contributed by atoms with Gasteiger partial charge in [0.25, 0.3) is 0 Å². The number of aromatic nitrogens is 1. The molecule has 0 amide bonds. The highest BCUT2D eigenvalue weighted by atomic mass is 16.3. The summed E-state index contributed by atoms with van der Waals surface area (Å²) in [5.41, 5.74) is 1.52. The van der Waals surface area contributed by atoms with E-state index >= 15 is 0 Å². The first-order valence-electron chi connectivity index (χ1n) is 4.68. The summed E-state index contributed by atoms with van der Waals surface area (Å²) >= 11 is 0. The summed E-state index contributed by atoms with van der Waals surface area (Å²) in [6.07, 6.45) is 11.0. The molecular weight excluding hydrogens is 188 g/mol. The Labute approximate surface area is 88.0 Å². The molecule has 2 rings (SSSR count). The third kappa shape index (κ3) is 2.05. The molecule has 0 bridgehead atoms. The quantitative estimate of drug-likeness (QED) is 0.697. The van der Waals surface area contributed by atoms with E-state index in [4.69, 9.17) is 9.68 Å². The Balaban J connectivity index is 2.26. The van der Waals surface area contributed by atoms with E-state index in [2.05, 4.69) is 11.1 Å². The first kappa shape index (κ1) is 9.47. The fraction of sp³-hybridized carbons (Fsp3) is 0.167. The number of rotatable bonds is 1. The first-order valence-corrected chi connectivity index (χ1v) is 4.68. The second-order valence-corrected chi connectivity index (χ2v) is 3.30. The van der Waals surface area contributed by atoms with E-state index in [1.165, 1.54) is 0 Å². The molecule has 15 heavy (non-hydrogen) atoms. The van der Waals surface area contributed by atoms with Gasteiger partial charge in [-0.2, -0.15) is 5.26 Å². The highest BCUT2D eigenvalue weighted by molar-refractivity contribution is 5.41. The van der Waals surface area contributed by atoms with Gasteiger partial charge in [0.15, 0.2) is 5.89 Å². The highest BCUT2D eigenvalue weighted by Gasteiger charge is 2.10. The van der Waals surface area contributed by atoms with Crippen LogP contribution in [-0.2, 0) is 0 Å². The summed E-state index contributed by atoms with van der Waals surface area (Å²) in [6.45, 7) is 1.81. The van der Waals surface area contributed by atoms with Crippen molar-refractivity contribution >= 4 is 0 Å². The van der Waals surface area contributed by atoms with Crippen molar-refractivity contribution in [2.45, 2.75) is 12.8 Å². The molecule has 0 saturated heterocycles. The second-order valence-electron chi connectivity index (χ2n) is 3.30. The minimum absolute atomic E-state index is 0.0875. The van der Waals surface area contributed by atoms with E-state index in [1.807, 2.05) is 25.2 Å². The molecule has 0 fully saturated rings.